The van der Waals surface area contributed by atoms with Crippen LogP contribution in [-0.2, 0) is 19.1 Å². The van der Waals surface area contributed by atoms with Gasteiger partial charge in [0.1, 0.15) is 12.3 Å². The highest BCUT2D eigenvalue weighted by molar-refractivity contribution is 5.95. The molecule has 6 nitrogen and oxygen atoms in total. The van der Waals surface area contributed by atoms with Crippen molar-refractivity contribution in [3.05, 3.63) is 0 Å². The fourth-order valence-corrected chi connectivity index (χ4v) is 2.96. The first kappa shape index (κ1) is 14.3. The number of rotatable bonds is 1. The van der Waals surface area contributed by atoms with Crippen molar-refractivity contribution < 1.29 is 24.2 Å². The number of hydrogen-bond acceptors (Lipinski definition) is 5. The van der Waals surface area contributed by atoms with Crippen molar-refractivity contribution in [1.29, 1.82) is 0 Å². The summed E-state index contributed by atoms with van der Waals surface area (Å²) in [5, 5.41) is 10.3. The maximum absolute atomic E-state index is 12.4. The zero-order chi connectivity index (χ0) is 14.6. The molecule has 0 aromatic heterocycles. The lowest BCUT2D eigenvalue weighted by atomic mass is 9.89. The number of carbonyl (C=O) groups is 2. The van der Waals surface area contributed by atoms with Gasteiger partial charge < -0.3 is 14.6 Å². The summed E-state index contributed by atoms with van der Waals surface area (Å²) in [7, 11) is 1.25. The van der Waals surface area contributed by atoms with Crippen LogP contribution in [0.1, 0.15) is 27.7 Å². The van der Waals surface area contributed by atoms with Gasteiger partial charge in [0.05, 0.1) is 19.6 Å². The molecule has 0 unspecified atom stereocenters. The van der Waals surface area contributed by atoms with Gasteiger partial charge in [-0.3, -0.25) is 9.69 Å². The Morgan fingerprint density at radius 1 is 1.53 bits per heavy atom. The summed E-state index contributed by atoms with van der Waals surface area (Å²) < 4.78 is 10.4. The van der Waals surface area contributed by atoms with Crippen molar-refractivity contribution in [3.63, 3.8) is 0 Å². The average Bonchev–Trinajstić information content (AvgIpc) is 2.82. The number of aliphatic hydroxyl groups excluding tert-OH is 1. The number of amides is 1. The predicted octanol–water partition coefficient (Wildman–Crippen LogP) is 0.140. The van der Waals surface area contributed by atoms with Gasteiger partial charge in [0.2, 0.25) is 5.91 Å². The van der Waals surface area contributed by atoms with E-state index in [1.807, 2.05) is 20.8 Å². The van der Waals surface area contributed by atoms with E-state index >= 15 is 0 Å². The summed E-state index contributed by atoms with van der Waals surface area (Å²) in [6.07, 6.45) is -1.65. The van der Waals surface area contributed by atoms with Crippen LogP contribution in [0.15, 0.2) is 0 Å². The van der Waals surface area contributed by atoms with Gasteiger partial charge >= 0.3 is 5.97 Å². The molecule has 2 aliphatic rings. The minimum Gasteiger partial charge on any atom is -0.467 e. The molecule has 108 valence electrons. The summed E-state index contributed by atoms with van der Waals surface area (Å²) in [6.45, 7) is 7.36. The molecule has 0 bridgehead atoms. The molecular formula is C13H21NO5. The lowest BCUT2D eigenvalue weighted by Gasteiger charge is -2.36. The molecule has 0 aliphatic carbocycles. The lowest BCUT2D eigenvalue weighted by molar-refractivity contribution is -0.161. The van der Waals surface area contributed by atoms with E-state index in [1.165, 1.54) is 12.0 Å². The smallest absolute Gasteiger partial charge is 0.337 e. The van der Waals surface area contributed by atoms with E-state index < -0.39 is 29.8 Å². The van der Waals surface area contributed by atoms with Crippen LogP contribution in [0.4, 0.5) is 0 Å². The Morgan fingerprint density at radius 3 is 2.58 bits per heavy atom. The highest BCUT2D eigenvalue weighted by Crippen LogP contribution is 2.46. The van der Waals surface area contributed by atoms with Crippen LogP contribution in [0.2, 0.25) is 0 Å². The van der Waals surface area contributed by atoms with Crippen LogP contribution in [0.3, 0.4) is 0 Å². The van der Waals surface area contributed by atoms with E-state index in [0.29, 0.717) is 0 Å². The number of esters is 1. The molecule has 1 amide bonds. The van der Waals surface area contributed by atoms with Gasteiger partial charge in [0.15, 0.2) is 5.54 Å². The highest BCUT2D eigenvalue weighted by atomic mass is 16.6. The lowest BCUT2D eigenvalue weighted by Crippen LogP contribution is -2.59. The molecular weight excluding hydrogens is 250 g/mol. The number of nitrogens with zero attached hydrogens (tertiary/aromatic N) is 1. The van der Waals surface area contributed by atoms with Gasteiger partial charge in [-0.15, -0.1) is 0 Å². The zero-order valence-electron chi connectivity index (χ0n) is 12.0. The largest absolute Gasteiger partial charge is 0.467 e. The number of carbonyl (C=O) groups excluding carboxylic acids is 2. The fraction of sp³-hybridized carbons (Fsp3) is 0.846. The Hall–Kier alpha value is -1.14. The molecule has 19 heavy (non-hydrogen) atoms. The van der Waals surface area contributed by atoms with Crippen molar-refractivity contribution in [1.82, 2.24) is 4.90 Å². The van der Waals surface area contributed by atoms with Crippen LogP contribution in [-0.4, -0.2) is 53.5 Å². The van der Waals surface area contributed by atoms with Crippen molar-refractivity contribution in [2.24, 2.45) is 11.3 Å². The highest BCUT2D eigenvalue weighted by Gasteiger charge is 2.69. The molecule has 2 heterocycles. The molecule has 2 aliphatic heterocycles. The van der Waals surface area contributed by atoms with Gasteiger partial charge in [-0.2, -0.15) is 0 Å². The Labute approximate surface area is 112 Å². The number of aliphatic hydroxyl groups is 1. The normalized spacial score (nSPS) is 38.5. The molecule has 1 N–H and O–H groups in total. The van der Waals surface area contributed by atoms with E-state index in [1.54, 1.807) is 6.92 Å². The number of methoxy groups -OCH3 is 1. The third-order valence-corrected chi connectivity index (χ3v) is 4.00. The van der Waals surface area contributed by atoms with Crippen LogP contribution in [0.5, 0.6) is 0 Å². The molecule has 2 rings (SSSR count). The summed E-state index contributed by atoms with van der Waals surface area (Å²) >= 11 is 0. The second kappa shape index (κ2) is 4.18. The van der Waals surface area contributed by atoms with Gasteiger partial charge in [0.25, 0.3) is 0 Å². The van der Waals surface area contributed by atoms with Crippen LogP contribution < -0.4 is 0 Å². The quantitative estimate of drug-likeness (QED) is 0.687. The Balaban J connectivity index is 2.51. The van der Waals surface area contributed by atoms with Gasteiger partial charge in [-0.25, -0.2) is 4.79 Å². The molecule has 0 radical (unpaired) electrons. The monoisotopic (exact) mass is 271 g/mol. The molecule has 0 spiro atoms. The predicted molar refractivity (Wildman–Crippen MR) is 66.0 cm³/mol. The third kappa shape index (κ3) is 1.70. The van der Waals surface area contributed by atoms with Crippen molar-refractivity contribution in [2.45, 2.75) is 45.6 Å². The van der Waals surface area contributed by atoms with E-state index in [9.17, 15) is 14.7 Å². The number of ether oxygens (including phenoxy) is 2. The van der Waals surface area contributed by atoms with E-state index in [0.717, 1.165) is 0 Å². The zero-order valence-corrected chi connectivity index (χ0v) is 12.0. The second-order valence-corrected chi connectivity index (χ2v) is 6.39. The summed E-state index contributed by atoms with van der Waals surface area (Å²) in [4.78, 5) is 25.9. The molecule has 0 aromatic rings. The first-order valence-corrected chi connectivity index (χ1v) is 6.39. The summed E-state index contributed by atoms with van der Waals surface area (Å²) in [5.74, 6) is -1.52. The minimum absolute atomic E-state index is 0.0289. The number of fused-ring (bicyclic) bond motifs is 1. The maximum Gasteiger partial charge on any atom is 0.337 e. The van der Waals surface area contributed by atoms with Gasteiger partial charge in [0, 0.05) is 5.41 Å². The standard InChI is InChI=1S/C13H21NO5/c1-7-8(15)13(11(17)18-5)6-19-10(12(2,3)4)14(13)9(7)16/h7-8,10,15H,6H2,1-5H3/t7-,8-,10+,13+/m0/s1. The molecule has 2 fully saturated rings. The maximum atomic E-state index is 12.4. The topological polar surface area (TPSA) is 76.1 Å². The third-order valence-electron chi connectivity index (χ3n) is 4.00. The van der Waals surface area contributed by atoms with Crippen LogP contribution in [0, 0.1) is 11.3 Å². The van der Waals surface area contributed by atoms with Gasteiger partial charge in [-0.1, -0.05) is 27.7 Å². The molecule has 6 heteroatoms. The summed E-state index contributed by atoms with van der Waals surface area (Å²) in [6, 6.07) is 0. The average molecular weight is 271 g/mol. The minimum atomic E-state index is -1.40. The molecule has 2 saturated heterocycles. The summed E-state index contributed by atoms with van der Waals surface area (Å²) in [5.41, 5.74) is -1.75. The van der Waals surface area contributed by atoms with Crippen molar-refractivity contribution in [2.75, 3.05) is 13.7 Å². The van der Waals surface area contributed by atoms with Crippen molar-refractivity contribution in [3.8, 4) is 0 Å². The van der Waals surface area contributed by atoms with Crippen LogP contribution >= 0.6 is 0 Å². The number of hydrogen-bond donors (Lipinski definition) is 1. The fourth-order valence-electron chi connectivity index (χ4n) is 2.96. The Kier molecular flexibility index (Phi) is 3.14. The first-order chi connectivity index (χ1) is 8.67. The van der Waals surface area contributed by atoms with Gasteiger partial charge in [-0.05, 0) is 0 Å². The van der Waals surface area contributed by atoms with Crippen molar-refractivity contribution >= 4 is 11.9 Å². The molecule has 0 aromatic carbocycles. The molecule has 0 saturated carbocycles. The second-order valence-electron chi connectivity index (χ2n) is 6.39. The first-order valence-electron chi connectivity index (χ1n) is 6.39. The Morgan fingerprint density at radius 2 is 2.11 bits per heavy atom. The SMILES string of the molecule is COC(=O)[C@]12CO[C@H](C(C)(C)C)N1C(=O)[C@@H](C)[C@@H]2O. The Bertz CT molecular complexity index is 416. The van der Waals surface area contributed by atoms with E-state index in [4.69, 9.17) is 9.47 Å². The molecule has 4 atom stereocenters. The van der Waals surface area contributed by atoms with Crippen LogP contribution in [0.25, 0.3) is 0 Å². The van der Waals surface area contributed by atoms with E-state index in [2.05, 4.69) is 0 Å². The van der Waals surface area contributed by atoms with E-state index in [-0.39, 0.29) is 17.9 Å².